The van der Waals surface area contributed by atoms with Crippen molar-refractivity contribution in [1.82, 2.24) is 10.3 Å². The van der Waals surface area contributed by atoms with Crippen molar-refractivity contribution in [3.05, 3.63) is 71.0 Å². The van der Waals surface area contributed by atoms with E-state index < -0.39 is 18.1 Å². The monoisotopic (exact) mass is 411 g/mol. The molecule has 0 unspecified atom stereocenters. The average molecular weight is 411 g/mol. The molecule has 1 heterocycles. The number of nitrogens with zero attached hydrogens (tertiary/aromatic N) is 1. The van der Waals surface area contributed by atoms with Crippen molar-refractivity contribution in [2.45, 2.75) is 12.9 Å². The van der Waals surface area contributed by atoms with Crippen LogP contribution in [-0.4, -0.2) is 17.3 Å². The zero-order valence-corrected chi connectivity index (χ0v) is 14.9. The van der Waals surface area contributed by atoms with Crippen molar-refractivity contribution in [1.29, 1.82) is 0 Å². The Morgan fingerprint density at radius 1 is 1.11 bits per heavy atom. The Labute approximate surface area is 161 Å². The predicted octanol–water partition coefficient (Wildman–Crippen LogP) is 4.85. The minimum Gasteiger partial charge on any atom is -0.406 e. The fraction of sp³-hybridized carbons (Fsp3) is 0.111. The minimum atomic E-state index is -4.75. The maximum atomic E-state index is 13.6. The van der Waals surface area contributed by atoms with Gasteiger partial charge < -0.3 is 15.4 Å². The summed E-state index contributed by atoms with van der Waals surface area (Å²) in [5.74, 6) is -1.23. The van der Waals surface area contributed by atoms with Crippen molar-refractivity contribution >= 4 is 28.1 Å². The molecule has 0 spiro atoms. The molecule has 10 heteroatoms. The number of hydrogen-bond acceptors (Lipinski definition) is 5. The lowest BCUT2D eigenvalue weighted by atomic mass is 10.2. The quantitative estimate of drug-likeness (QED) is 0.569. The number of carbonyl (C=O) groups excluding carboxylic acids is 1. The number of aromatic nitrogens is 1. The van der Waals surface area contributed by atoms with E-state index in [-0.39, 0.29) is 18.0 Å². The number of benzene rings is 2. The second kappa shape index (κ2) is 8.26. The molecule has 3 aromatic rings. The number of thiazole rings is 1. The van der Waals surface area contributed by atoms with Crippen LogP contribution < -0.4 is 15.4 Å². The number of carbonyl (C=O) groups is 1. The number of alkyl halides is 3. The molecule has 2 N–H and O–H groups in total. The molecule has 0 bridgehead atoms. The smallest absolute Gasteiger partial charge is 0.406 e. The zero-order chi connectivity index (χ0) is 20.1. The van der Waals surface area contributed by atoms with Crippen LogP contribution in [0.25, 0.3) is 0 Å². The number of nitrogens with one attached hydrogen (secondary N) is 2. The fourth-order valence-corrected chi connectivity index (χ4v) is 2.92. The van der Waals surface area contributed by atoms with Crippen LogP contribution in [0.5, 0.6) is 5.75 Å². The van der Waals surface area contributed by atoms with Gasteiger partial charge in [0.25, 0.3) is 5.91 Å². The van der Waals surface area contributed by atoms with Gasteiger partial charge >= 0.3 is 6.36 Å². The molecule has 0 saturated heterocycles. The highest BCUT2D eigenvalue weighted by atomic mass is 32.1. The summed E-state index contributed by atoms with van der Waals surface area (Å²) < 4.78 is 53.8. The summed E-state index contributed by atoms with van der Waals surface area (Å²) >= 11 is 1.14. The maximum Gasteiger partial charge on any atom is 0.573 e. The molecule has 146 valence electrons. The normalized spacial score (nSPS) is 11.1. The van der Waals surface area contributed by atoms with Crippen molar-refractivity contribution in [2.24, 2.45) is 0 Å². The van der Waals surface area contributed by atoms with Gasteiger partial charge in [0.15, 0.2) is 5.13 Å². The molecular formula is C18H13F4N3O2S. The highest BCUT2D eigenvalue weighted by Crippen LogP contribution is 2.26. The third-order valence-electron chi connectivity index (χ3n) is 3.47. The topological polar surface area (TPSA) is 63.2 Å². The van der Waals surface area contributed by atoms with Gasteiger partial charge in [-0.1, -0.05) is 18.2 Å². The van der Waals surface area contributed by atoms with E-state index in [1.165, 1.54) is 23.6 Å². The van der Waals surface area contributed by atoms with E-state index in [0.29, 0.717) is 16.4 Å². The zero-order valence-electron chi connectivity index (χ0n) is 14.1. The van der Waals surface area contributed by atoms with Gasteiger partial charge in [-0.25, -0.2) is 9.37 Å². The summed E-state index contributed by atoms with van der Waals surface area (Å²) in [4.78, 5) is 16.2. The summed E-state index contributed by atoms with van der Waals surface area (Å²) in [6, 6.07) is 11.2. The Hall–Kier alpha value is -3.14. The third-order valence-corrected chi connectivity index (χ3v) is 4.23. The van der Waals surface area contributed by atoms with Gasteiger partial charge in [-0.3, -0.25) is 4.79 Å². The molecular weight excluding hydrogens is 398 g/mol. The van der Waals surface area contributed by atoms with Gasteiger partial charge in [-0.15, -0.1) is 24.5 Å². The van der Waals surface area contributed by atoms with Crippen molar-refractivity contribution in [2.75, 3.05) is 5.32 Å². The summed E-state index contributed by atoms with van der Waals surface area (Å²) in [6.07, 6.45) is -4.75. The molecule has 5 nitrogen and oxygen atoms in total. The van der Waals surface area contributed by atoms with E-state index in [9.17, 15) is 22.4 Å². The summed E-state index contributed by atoms with van der Waals surface area (Å²) in [5.41, 5.74) is 0.966. The molecule has 3 rings (SSSR count). The van der Waals surface area contributed by atoms with Crippen LogP contribution in [0.3, 0.4) is 0 Å². The van der Waals surface area contributed by atoms with Crippen molar-refractivity contribution in [3.63, 3.8) is 0 Å². The molecule has 0 radical (unpaired) electrons. The molecule has 2 aromatic carbocycles. The van der Waals surface area contributed by atoms with E-state index in [4.69, 9.17) is 0 Å². The van der Waals surface area contributed by atoms with Crippen LogP contribution in [0.4, 0.5) is 28.4 Å². The van der Waals surface area contributed by atoms with Gasteiger partial charge in [0, 0.05) is 23.2 Å². The van der Waals surface area contributed by atoms with Gasteiger partial charge in [0.05, 0.1) is 0 Å². The lowest BCUT2D eigenvalue weighted by Crippen LogP contribution is -2.23. The first-order chi connectivity index (χ1) is 13.3. The number of halogens is 4. The number of rotatable bonds is 6. The number of hydrogen-bond donors (Lipinski definition) is 2. The van der Waals surface area contributed by atoms with Crippen LogP contribution in [0.15, 0.2) is 53.9 Å². The summed E-state index contributed by atoms with van der Waals surface area (Å²) in [6.45, 7) is 0.0203. The standard InChI is InChI=1S/C18H13F4N3O2S/c19-14-4-2-1-3-11(14)9-23-16(26)15-10-28-17(25-15)24-12-5-7-13(8-6-12)27-18(20,21)22/h1-8,10H,9H2,(H,23,26)(H,24,25). The number of anilines is 2. The predicted molar refractivity (Wildman–Crippen MR) is 96.1 cm³/mol. The van der Waals surface area contributed by atoms with Gasteiger partial charge in [0.2, 0.25) is 0 Å². The minimum absolute atomic E-state index is 0.0203. The first-order valence-corrected chi connectivity index (χ1v) is 8.78. The van der Waals surface area contributed by atoms with E-state index in [2.05, 4.69) is 20.4 Å². The molecule has 0 aliphatic carbocycles. The average Bonchev–Trinajstić information content (AvgIpc) is 3.10. The van der Waals surface area contributed by atoms with Gasteiger partial charge in [0.1, 0.15) is 17.3 Å². The highest BCUT2D eigenvalue weighted by Gasteiger charge is 2.30. The molecule has 1 amide bonds. The second-order valence-corrected chi connectivity index (χ2v) is 6.37. The van der Waals surface area contributed by atoms with Crippen LogP contribution in [0, 0.1) is 5.82 Å². The van der Waals surface area contributed by atoms with Crippen LogP contribution in [0.1, 0.15) is 16.1 Å². The van der Waals surface area contributed by atoms with Crippen LogP contribution in [-0.2, 0) is 6.54 Å². The fourth-order valence-electron chi connectivity index (χ4n) is 2.21. The van der Waals surface area contributed by atoms with E-state index in [0.717, 1.165) is 23.5 Å². The van der Waals surface area contributed by atoms with Crippen molar-refractivity contribution in [3.8, 4) is 5.75 Å². The first-order valence-electron chi connectivity index (χ1n) is 7.90. The Balaban J connectivity index is 1.57. The summed E-state index contributed by atoms with van der Waals surface area (Å²) in [7, 11) is 0. The summed E-state index contributed by atoms with van der Waals surface area (Å²) in [5, 5.41) is 7.35. The van der Waals surface area contributed by atoms with Crippen molar-refractivity contribution < 1.29 is 27.1 Å². The third kappa shape index (κ3) is 5.43. The lowest BCUT2D eigenvalue weighted by Gasteiger charge is -2.09. The molecule has 0 aliphatic rings. The lowest BCUT2D eigenvalue weighted by molar-refractivity contribution is -0.274. The second-order valence-electron chi connectivity index (χ2n) is 5.51. The first kappa shape index (κ1) is 19.6. The SMILES string of the molecule is O=C(NCc1ccccc1F)c1csc(Nc2ccc(OC(F)(F)F)cc2)n1. The maximum absolute atomic E-state index is 13.6. The largest absolute Gasteiger partial charge is 0.573 e. The molecule has 0 aliphatic heterocycles. The molecule has 0 atom stereocenters. The Morgan fingerprint density at radius 2 is 1.82 bits per heavy atom. The number of ether oxygens (including phenoxy) is 1. The Morgan fingerprint density at radius 3 is 2.50 bits per heavy atom. The van der Waals surface area contributed by atoms with E-state index in [1.54, 1.807) is 18.2 Å². The Bertz CT molecular complexity index is 958. The van der Waals surface area contributed by atoms with Crippen LogP contribution >= 0.6 is 11.3 Å². The van der Waals surface area contributed by atoms with Crippen LogP contribution in [0.2, 0.25) is 0 Å². The molecule has 1 aromatic heterocycles. The van der Waals surface area contributed by atoms with Gasteiger partial charge in [-0.05, 0) is 30.3 Å². The number of amides is 1. The Kier molecular flexibility index (Phi) is 5.78. The molecule has 0 saturated carbocycles. The van der Waals surface area contributed by atoms with Gasteiger partial charge in [-0.2, -0.15) is 0 Å². The van der Waals surface area contributed by atoms with E-state index in [1.807, 2.05) is 0 Å². The molecule has 0 fully saturated rings. The van der Waals surface area contributed by atoms with E-state index >= 15 is 0 Å². The molecule has 28 heavy (non-hydrogen) atoms. The highest BCUT2D eigenvalue weighted by molar-refractivity contribution is 7.14.